The first-order valence-corrected chi connectivity index (χ1v) is 9.56. The molecule has 0 unspecified atom stereocenters. The Morgan fingerprint density at radius 2 is 1.68 bits per heavy atom. The number of anilines is 2. The quantitative estimate of drug-likeness (QED) is 0.687. The van der Waals surface area contributed by atoms with Gasteiger partial charge in [0.1, 0.15) is 5.82 Å². The predicted octanol–water partition coefficient (Wildman–Crippen LogP) is 3.75. The molecule has 0 aliphatic heterocycles. The summed E-state index contributed by atoms with van der Waals surface area (Å²) in [4.78, 5) is 12.2. The minimum atomic E-state index is -3.90. The lowest BCUT2D eigenvalue weighted by molar-refractivity contribution is 0.102. The molecule has 3 aromatic carbocycles. The zero-order valence-corrected chi connectivity index (χ0v) is 15.2. The summed E-state index contributed by atoms with van der Waals surface area (Å²) in [7, 11) is -3.90. The van der Waals surface area contributed by atoms with Crippen LogP contribution in [0.3, 0.4) is 0 Å². The summed E-state index contributed by atoms with van der Waals surface area (Å²) in [5.41, 5.74) is 0.776. The molecule has 8 heteroatoms. The van der Waals surface area contributed by atoms with E-state index in [9.17, 15) is 17.6 Å². The maximum Gasteiger partial charge on any atom is 0.261 e. The largest absolute Gasteiger partial charge is 0.319 e. The van der Waals surface area contributed by atoms with Gasteiger partial charge in [0.15, 0.2) is 0 Å². The lowest BCUT2D eigenvalue weighted by atomic mass is 10.2. The number of nitrogens with one attached hydrogen (secondary N) is 2. The number of sulfonamides is 1. The normalized spacial score (nSPS) is 10.7. The zero-order valence-electron chi connectivity index (χ0n) is 14.4. The van der Waals surface area contributed by atoms with Crippen LogP contribution in [0.15, 0.2) is 77.7 Å². The first-order chi connectivity index (χ1) is 13.4. The maximum atomic E-state index is 13.6. The SMILES string of the molecule is N#Cc1cccc(NS(=O)(=O)c2ccc(C(=O)Nc3ccccc3F)cc2)c1. The second-order valence-electron chi connectivity index (χ2n) is 5.76. The molecule has 0 bridgehead atoms. The van der Waals surface area contributed by atoms with E-state index in [4.69, 9.17) is 5.26 Å². The van der Waals surface area contributed by atoms with Crippen LogP contribution >= 0.6 is 0 Å². The Morgan fingerprint density at radius 3 is 2.36 bits per heavy atom. The summed E-state index contributed by atoms with van der Waals surface area (Å²) in [5, 5.41) is 11.3. The molecule has 0 saturated carbocycles. The van der Waals surface area contributed by atoms with E-state index in [1.54, 1.807) is 18.2 Å². The Balaban J connectivity index is 1.76. The number of hydrogen-bond acceptors (Lipinski definition) is 4. The third kappa shape index (κ3) is 4.34. The Labute approximate surface area is 161 Å². The second kappa shape index (κ2) is 7.90. The smallest absolute Gasteiger partial charge is 0.261 e. The molecule has 0 radical (unpaired) electrons. The van der Waals surface area contributed by atoms with Gasteiger partial charge in [0.2, 0.25) is 0 Å². The van der Waals surface area contributed by atoms with Crippen molar-refractivity contribution in [2.45, 2.75) is 4.90 Å². The summed E-state index contributed by atoms with van der Waals surface area (Å²) in [6.45, 7) is 0. The topological polar surface area (TPSA) is 99.1 Å². The molecule has 0 spiro atoms. The molecule has 28 heavy (non-hydrogen) atoms. The van der Waals surface area contributed by atoms with Gasteiger partial charge >= 0.3 is 0 Å². The summed E-state index contributed by atoms with van der Waals surface area (Å²) < 4.78 is 40.9. The summed E-state index contributed by atoms with van der Waals surface area (Å²) in [6.07, 6.45) is 0. The highest BCUT2D eigenvalue weighted by atomic mass is 32.2. The van der Waals surface area contributed by atoms with Crippen molar-refractivity contribution in [1.29, 1.82) is 5.26 Å². The fourth-order valence-corrected chi connectivity index (χ4v) is 3.46. The van der Waals surface area contributed by atoms with Gasteiger partial charge in [-0.25, -0.2) is 12.8 Å². The number of hydrogen-bond donors (Lipinski definition) is 2. The molecule has 0 atom stereocenters. The number of benzene rings is 3. The molecule has 0 aliphatic rings. The fourth-order valence-electron chi connectivity index (χ4n) is 2.41. The van der Waals surface area contributed by atoms with E-state index in [2.05, 4.69) is 10.0 Å². The number of carbonyl (C=O) groups is 1. The molecular formula is C20H14FN3O3S. The van der Waals surface area contributed by atoms with Gasteiger partial charge in [-0.15, -0.1) is 0 Å². The van der Waals surface area contributed by atoms with Crippen LogP contribution in [-0.4, -0.2) is 14.3 Å². The molecule has 6 nitrogen and oxygen atoms in total. The van der Waals surface area contributed by atoms with Crippen LogP contribution in [0.2, 0.25) is 0 Å². The molecule has 3 aromatic rings. The number of nitriles is 1. The van der Waals surface area contributed by atoms with E-state index in [0.29, 0.717) is 5.56 Å². The van der Waals surface area contributed by atoms with Crippen LogP contribution < -0.4 is 10.0 Å². The second-order valence-corrected chi connectivity index (χ2v) is 7.44. The molecular weight excluding hydrogens is 381 g/mol. The molecule has 0 aliphatic carbocycles. The van der Waals surface area contributed by atoms with Gasteiger partial charge in [-0.3, -0.25) is 9.52 Å². The number of para-hydroxylation sites is 1. The summed E-state index contributed by atoms with van der Waals surface area (Å²) in [6, 6.07) is 18.9. The van der Waals surface area contributed by atoms with Crippen molar-refractivity contribution in [2.75, 3.05) is 10.0 Å². The average molecular weight is 395 g/mol. The third-order valence-electron chi connectivity index (χ3n) is 3.79. The number of rotatable bonds is 5. The van der Waals surface area contributed by atoms with E-state index < -0.39 is 21.7 Å². The van der Waals surface area contributed by atoms with Gasteiger partial charge in [0.05, 0.1) is 27.9 Å². The van der Waals surface area contributed by atoms with Crippen LogP contribution in [0.5, 0.6) is 0 Å². The molecule has 140 valence electrons. The van der Waals surface area contributed by atoms with Gasteiger partial charge < -0.3 is 5.32 Å². The monoisotopic (exact) mass is 395 g/mol. The maximum absolute atomic E-state index is 13.6. The van der Waals surface area contributed by atoms with E-state index in [-0.39, 0.29) is 21.8 Å². The highest BCUT2D eigenvalue weighted by Crippen LogP contribution is 2.19. The van der Waals surface area contributed by atoms with Crippen LogP contribution in [0.1, 0.15) is 15.9 Å². The Bertz CT molecular complexity index is 1170. The Hall–Kier alpha value is -3.70. The van der Waals surface area contributed by atoms with Crippen molar-refractivity contribution >= 4 is 27.3 Å². The van der Waals surface area contributed by atoms with Crippen molar-refractivity contribution < 1.29 is 17.6 Å². The van der Waals surface area contributed by atoms with E-state index in [1.165, 1.54) is 54.6 Å². The van der Waals surface area contributed by atoms with Crippen molar-refractivity contribution in [2.24, 2.45) is 0 Å². The van der Waals surface area contributed by atoms with Crippen molar-refractivity contribution in [3.8, 4) is 6.07 Å². The number of nitrogens with zero attached hydrogens (tertiary/aromatic N) is 1. The predicted molar refractivity (Wildman–Crippen MR) is 103 cm³/mol. The summed E-state index contributed by atoms with van der Waals surface area (Å²) in [5.74, 6) is -1.14. The molecule has 0 fully saturated rings. The first kappa shape index (κ1) is 19.1. The zero-order chi connectivity index (χ0) is 20.1. The molecule has 0 heterocycles. The van der Waals surface area contributed by atoms with Gasteiger partial charge in [-0.2, -0.15) is 5.26 Å². The van der Waals surface area contributed by atoms with Crippen LogP contribution in [-0.2, 0) is 10.0 Å². The van der Waals surface area contributed by atoms with Crippen LogP contribution in [0.25, 0.3) is 0 Å². The van der Waals surface area contributed by atoms with Gasteiger partial charge in [-0.05, 0) is 54.6 Å². The van der Waals surface area contributed by atoms with Crippen molar-refractivity contribution in [3.63, 3.8) is 0 Å². The molecule has 3 rings (SSSR count). The third-order valence-corrected chi connectivity index (χ3v) is 5.19. The highest BCUT2D eigenvalue weighted by Gasteiger charge is 2.16. The number of amides is 1. The minimum Gasteiger partial charge on any atom is -0.319 e. The number of halogens is 1. The Morgan fingerprint density at radius 1 is 0.964 bits per heavy atom. The van der Waals surface area contributed by atoms with Gasteiger partial charge in [0, 0.05) is 5.56 Å². The Kier molecular flexibility index (Phi) is 5.38. The molecule has 2 N–H and O–H groups in total. The number of carbonyl (C=O) groups excluding carboxylic acids is 1. The van der Waals surface area contributed by atoms with Gasteiger partial charge in [-0.1, -0.05) is 18.2 Å². The summed E-state index contributed by atoms with van der Waals surface area (Å²) >= 11 is 0. The van der Waals surface area contributed by atoms with E-state index in [0.717, 1.165) is 0 Å². The standard InChI is InChI=1S/C20H14FN3O3S/c21-18-6-1-2-7-19(18)23-20(25)15-8-10-17(11-9-15)28(26,27)24-16-5-3-4-14(12-16)13-22/h1-12,24H,(H,23,25). The lowest BCUT2D eigenvalue weighted by Crippen LogP contribution is -2.15. The average Bonchev–Trinajstić information content (AvgIpc) is 2.69. The highest BCUT2D eigenvalue weighted by molar-refractivity contribution is 7.92. The first-order valence-electron chi connectivity index (χ1n) is 8.08. The van der Waals surface area contributed by atoms with Crippen molar-refractivity contribution in [1.82, 2.24) is 0 Å². The molecule has 0 aromatic heterocycles. The van der Waals surface area contributed by atoms with Crippen LogP contribution in [0, 0.1) is 17.1 Å². The minimum absolute atomic E-state index is 0.0308. The fraction of sp³-hybridized carbons (Fsp3) is 0. The molecule has 1 amide bonds. The van der Waals surface area contributed by atoms with Crippen LogP contribution in [0.4, 0.5) is 15.8 Å². The van der Waals surface area contributed by atoms with E-state index >= 15 is 0 Å². The van der Waals surface area contributed by atoms with Gasteiger partial charge in [0.25, 0.3) is 15.9 Å². The van der Waals surface area contributed by atoms with E-state index in [1.807, 2.05) is 6.07 Å². The van der Waals surface area contributed by atoms with Crippen molar-refractivity contribution in [3.05, 3.63) is 89.7 Å². The lowest BCUT2D eigenvalue weighted by Gasteiger charge is -2.10. The molecule has 0 saturated heterocycles.